The number of ether oxygens (including phenoxy) is 1. The molecule has 0 aliphatic heterocycles. The summed E-state index contributed by atoms with van der Waals surface area (Å²) in [6, 6.07) is 19.1. The molecule has 2 atom stereocenters. The fraction of sp³-hybridized carbons (Fsp3) is 0.409. The molecule has 3 rings (SSSR count). The van der Waals surface area contributed by atoms with Gasteiger partial charge in [-0.15, -0.1) is 0 Å². The Hall–Kier alpha value is -2.33. The molecule has 4 heteroatoms. The number of carbonyl (C=O) groups is 1. The van der Waals surface area contributed by atoms with Crippen LogP contribution in [0.5, 0.6) is 5.75 Å². The highest BCUT2D eigenvalue weighted by Gasteiger charge is 2.29. The van der Waals surface area contributed by atoms with Crippen molar-refractivity contribution in [3.8, 4) is 16.9 Å². The Balaban J connectivity index is 1.49. The first kappa shape index (κ1) is 18.5. The number of nitrogens with zero attached hydrogens (tertiary/aromatic N) is 1. The molecule has 2 aromatic carbocycles. The molecule has 1 N–H and O–H groups in total. The number of likely N-dealkylation sites (N-methyl/N-ethyl adjacent to an activating group) is 1. The molecule has 1 fully saturated rings. The van der Waals surface area contributed by atoms with E-state index in [1.807, 2.05) is 42.5 Å². The highest BCUT2D eigenvalue weighted by molar-refractivity contribution is 5.80. The van der Waals surface area contributed by atoms with E-state index in [1.54, 1.807) is 6.92 Å². The van der Waals surface area contributed by atoms with Crippen molar-refractivity contribution in [1.82, 2.24) is 10.2 Å². The van der Waals surface area contributed by atoms with Crippen molar-refractivity contribution >= 4 is 5.91 Å². The lowest BCUT2D eigenvalue weighted by atomic mass is 10.1. The van der Waals surface area contributed by atoms with Crippen molar-refractivity contribution in [1.29, 1.82) is 0 Å². The Morgan fingerprint density at radius 1 is 1.08 bits per heavy atom. The van der Waals surface area contributed by atoms with E-state index in [0.29, 0.717) is 24.4 Å². The topological polar surface area (TPSA) is 41.6 Å². The van der Waals surface area contributed by atoms with Crippen LogP contribution in [0.2, 0.25) is 0 Å². The summed E-state index contributed by atoms with van der Waals surface area (Å²) in [5.41, 5.74) is 2.30. The number of hydrogen-bond acceptors (Lipinski definition) is 3. The quantitative estimate of drug-likeness (QED) is 0.787. The van der Waals surface area contributed by atoms with Crippen LogP contribution in [0, 0.1) is 0 Å². The van der Waals surface area contributed by atoms with Gasteiger partial charge >= 0.3 is 0 Å². The van der Waals surface area contributed by atoms with E-state index in [2.05, 4.69) is 36.3 Å². The normalized spacial score (nSPS) is 16.2. The zero-order chi connectivity index (χ0) is 18.5. The summed E-state index contributed by atoms with van der Waals surface area (Å²) in [5.74, 6) is 0.628. The molecular weight excluding hydrogens is 324 g/mol. The molecule has 138 valence electrons. The van der Waals surface area contributed by atoms with Crippen LogP contribution in [-0.2, 0) is 4.79 Å². The van der Waals surface area contributed by atoms with Gasteiger partial charge in [0.25, 0.3) is 5.91 Å². The molecule has 1 saturated carbocycles. The average Bonchev–Trinajstić information content (AvgIpc) is 3.51. The predicted molar refractivity (Wildman–Crippen MR) is 105 cm³/mol. The highest BCUT2D eigenvalue weighted by Crippen LogP contribution is 2.26. The molecule has 0 bridgehead atoms. The van der Waals surface area contributed by atoms with Gasteiger partial charge in [-0.3, -0.25) is 9.69 Å². The van der Waals surface area contributed by atoms with Crippen LogP contribution in [0.3, 0.4) is 0 Å². The first-order valence-electron chi connectivity index (χ1n) is 9.36. The minimum atomic E-state index is -0.518. The number of carbonyl (C=O) groups excluding carboxylic acids is 1. The molecule has 0 aromatic heterocycles. The molecule has 1 aliphatic carbocycles. The second-order valence-corrected chi connectivity index (χ2v) is 7.14. The molecule has 2 unspecified atom stereocenters. The summed E-state index contributed by atoms with van der Waals surface area (Å²) in [5, 5.41) is 3.00. The first-order valence-corrected chi connectivity index (χ1v) is 9.36. The molecule has 0 radical (unpaired) electrons. The lowest BCUT2D eigenvalue weighted by molar-refractivity contribution is -0.127. The number of nitrogens with one attached hydrogen (secondary N) is 1. The third kappa shape index (κ3) is 4.85. The number of hydrogen-bond donors (Lipinski definition) is 1. The van der Waals surface area contributed by atoms with Gasteiger partial charge in [-0.25, -0.2) is 0 Å². The maximum atomic E-state index is 12.3. The summed E-state index contributed by atoms with van der Waals surface area (Å²) in [4.78, 5) is 14.6. The summed E-state index contributed by atoms with van der Waals surface area (Å²) in [6.07, 6.45) is 2.02. The third-order valence-corrected chi connectivity index (χ3v) is 5.03. The van der Waals surface area contributed by atoms with E-state index >= 15 is 0 Å². The zero-order valence-electron chi connectivity index (χ0n) is 15.8. The summed E-state index contributed by atoms with van der Waals surface area (Å²) in [7, 11) is 2.13. The molecule has 1 amide bonds. The van der Waals surface area contributed by atoms with Crippen molar-refractivity contribution in [2.75, 3.05) is 13.6 Å². The molecular formula is C22H28N2O2. The Kier molecular flexibility index (Phi) is 5.94. The monoisotopic (exact) mass is 352 g/mol. The standard InChI is InChI=1S/C22H28N2O2/c1-16(24(3)20-11-12-20)15-23-22(25)17(2)26-21-13-9-19(10-14-21)18-7-5-4-6-8-18/h4-10,13-14,16-17,20H,11-12,15H2,1-3H3,(H,23,25). The second-order valence-electron chi connectivity index (χ2n) is 7.14. The fourth-order valence-electron chi connectivity index (χ4n) is 2.99. The van der Waals surface area contributed by atoms with E-state index in [9.17, 15) is 4.79 Å². The molecule has 0 spiro atoms. The van der Waals surface area contributed by atoms with Crippen molar-refractivity contribution < 1.29 is 9.53 Å². The van der Waals surface area contributed by atoms with E-state index in [4.69, 9.17) is 4.74 Å². The van der Waals surface area contributed by atoms with Crippen LogP contribution in [0.1, 0.15) is 26.7 Å². The van der Waals surface area contributed by atoms with Crippen molar-refractivity contribution in [2.45, 2.75) is 44.9 Å². The fourth-order valence-corrected chi connectivity index (χ4v) is 2.99. The molecule has 2 aromatic rings. The van der Waals surface area contributed by atoms with Crippen LogP contribution in [-0.4, -0.2) is 42.6 Å². The smallest absolute Gasteiger partial charge is 0.260 e. The van der Waals surface area contributed by atoms with Crippen LogP contribution < -0.4 is 10.1 Å². The molecule has 0 heterocycles. The minimum Gasteiger partial charge on any atom is -0.481 e. The minimum absolute atomic E-state index is 0.0758. The summed E-state index contributed by atoms with van der Waals surface area (Å²) >= 11 is 0. The molecule has 4 nitrogen and oxygen atoms in total. The van der Waals surface area contributed by atoms with Crippen molar-refractivity contribution in [2.24, 2.45) is 0 Å². The van der Waals surface area contributed by atoms with Gasteiger partial charge in [-0.2, -0.15) is 0 Å². The van der Waals surface area contributed by atoms with Gasteiger partial charge in [-0.1, -0.05) is 42.5 Å². The SMILES string of the molecule is CC(Oc1ccc(-c2ccccc2)cc1)C(=O)NCC(C)N(C)C1CC1. The molecule has 0 saturated heterocycles. The Morgan fingerprint density at radius 2 is 1.69 bits per heavy atom. The van der Waals surface area contributed by atoms with Crippen molar-refractivity contribution in [3.63, 3.8) is 0 Å². The van der Waals surface area contributed by atoms with Crippen LogP contribution in [0.25, 0.3) is 11.1 Å². The highest BCUT2D eigenvalue weighted by atomic mass is 16.5. The van der Waals surface area contributed by atoms with Crippen molar-refractivity contribution in [3.05, 3.63) is 54.6 Å². The Labute approximate surface area is 156 Å². The van der Waals surface area contributed by atoms with Crippen LogP contribution >= 0.6 is 0 Å². The van der Waals surface area contributed by atoms with E-state index in [1.165, 1.54) is 18.4 Å². The van der Waals surface area contributed by atoms with Crippen LogP contribution in [0.15, 0.2) is 54.6 Å². The largest absolute Gasteiger partial charge is 0.481 e. The molecule has 26 heavy (non-hydrogen) atoms. The maximum absolute atomic E-state index is 12.3. The third-order valence-electron chi connectivity index (χ3n) is 5.03. The van der Waals surface area contributed by atoms with Crippen LogP contribution in [0.4, 0.5) is 0 Å². The average molecular weight is 352 g/mol. The molecule has 1 aliphatic rings. The predicted octanol–water partition coefficient (Wildman–Crippen LogP) is 3.72. The van der Waals surface area contributed by atoms with Gasteiger partial charge in [0.2, 0.25) is 0 Å². The Morgan fingerprint density at radius 3 is 2.31 bits per heavy atom. The van der Waals surface area contributed by atoms with Gasteiger partial charge < -0.3 is 10.1 Å². The van der Waals surface area contributed by atoms with E-state index in [-0.39, 0.29) is 5.91 Å². The van der Waals surface area contributed by atoms with Gasteiger partial charge in [0.15, 0.2) is 6.10 Å². The van der Waals surface area contributed by atoms with Gasteiger partial charge in [-0.05, 0) is 57.0 Å². The maximum Gasteiger partial charge on any atom is 0.260 e. The number of amides is 1. The number of rotatable bonds is 8. The Bertz CT molecular complexity index is 711. The lowest BCUT2D eigenvalue weighted by Gasteiger charge is -2.25. The van der Waals surface area contributed by atoms with Gasteiger partial charge in [0, 0.05) is 18.6 Å². The summed E-state index contributed by atoms with van der Waals surface area (Å²) < 4.78 is 5.79. The summed E-state index contributed by atoms with van der Waals surface area (Å²) in [6.45, 7) is 4.58. The zero-order valence-corrected chi connectivity index (χ0v) is 15.8. The van der Waals surface area contributed by atoms with E-state index in [0.717, 1.165) is 5.56 Å². The second kappa shape index (κ2) is 8.37. The van der Waals surface area contributed by atoms with E-state index < -0.39 is 6.10 Å². The van der Waals surface area contributed by atoms with Gasteiger partial charge in [0.05, 0.1) is 0 Å². The van der Waals surface area contributed by atoms with Gasteiger partial charge in [0.1, 0.15) is 5.75 Å². The first-order chi connectivity index (χ1) is 12.5. The number of benzene rings is 2. The lowest BCUT2D eigenvalue weighted by Crippen LogP contribution is -2.44.